The molecule has 134 valence electrons. The predicted octanol–water partition coefficient (Wildman–Crippen LogP) is 4.36. The number of nitrogens with zero attached hydrogens (tertiary/aromatic N) is 1. The maximum absolute atomic E-state index is 12.8. The molecule has 0 spiro atoms. The molecule has 2 aromatic rings. The van der Waals surface area contributed by atoms with E-state index in [0.717, 1.165) is 18.4 Å². The zero-order chi connectivity index (χ0) is 17.9. The third kappa shape index (κ3) is 4.54. The fourth-order valence-electron chi connectivity index (χ4n) is 2.84. The van der Waals surface area contributed by atoms with E-state index < -0.39 is 10.0 Å². The Kier molecular flexibility index (Phi) is 6.02. The molecule has 1 saturated heterocycles. The van der Waals surface area contributed by atoms with Gasteiger partial charge in [0, 0.05) is 23.1 Å². The van der Waals surface area contributed by atoms with Gasteiger partial charge in [0.05, 0.1) is 17.6 Å². The van der Waals surface area contributed by atoms with E-state index in [2.05, 4.69) is 0 Å². The van der Waals surface area contributed by atoms with Gasteiger partial charge in [-0.1, -0.05) is 41.4 Å². The normalized spacial score (nSPS) is 19.0. The van der Waals surface area contributed by atoms with Crippen molar-refractivity contribution < 1.29 is 13.2 Å². The molecule has 1 aliphatic rings. The van der Waals surface area contributed by atoms with Crippen molar-refractivity contribution in [3.63, 3.8) is 0 Å². The number of ether oxygens (including phenoxy) is 1. The molecule has 1 heterocycles. The second kappa shape index (κ2) is 8.06. The largest absolute Gasteiger partial charge is 0.372 e. The molecule has 0 amide bonds. The fourth-order valence-corrected chi connectivity index (χ4v) is 4.66. The van der Waals surface area contributed by atoms with Crippen LogP contribution in [0.4, 0.5) is 0 Å². The lowest BCUT2D eigenvalue weighted by molar-refractivity contribution is 0.00814. The first-order chi connectivity index (χ1) is 12.0. The first-order valence-electron chi connectivity index (χ1n) is 8.07. The summed E-state index contributed by atoms with van der Waals surface area (Å²) >= 11 is 12.0. The lowest BCUT2D eigenvalue weighted by Crippen LogP contribution is -2.43. The summed E-state index contributed by atoms with van der Waals surface area (Å²) in [5, 5.41) is 1.17. The van der Waals surface area contributed by atoms with Crippen LogP contribution in [0.1, 0.15) is 18.4 Å². The molecule has 1 aliphatic heterocycles. The maximum atomic E-state index is 12.8. The Bertz CT molecular complexity index is 824. The van der Waals surface area contributed by atoms with E-state index in [9.17, 15) is 8.42 Å². The number of piperidine rings is 1. The van der Waals surface area contributed by atoms with Gasteiger partial charge in [0.2, 0.25) is 10.0 Å². The Morgan fingerprint density at radius 3 is 2.52 bits per heavy atom. The summed E-state index contributed by atoms with van der Waals surface area (Å²) in [6.45, 7) is 1.21. The van der Waals surface area contributed by atoms with Gasteiger partial charge in [-0.2, -0.15) is 4.31 Å². The Labute approximate surface area is 158 Å². The highest BCUT2D eigenvalue weighted by molar-refractivity contribution is 7.89. The molecule has 0 saturated carbocycles. The lowest BCUT2D eigenvalue weighted by Gasteiger charge is -2.32. The molecule has 2 aromatic carbocycles. The van der Waals surface area contributed by atoms with Crippen molar-refractivity contribution in [3.8, 4) is 0 Å². The second-order valence-corrected chi connectivity index (χ2v) is 8.77. The van der Waals surface area contributed by atoms with Crippen LogP contribution >= 0.6 is 23.2 Å². The monoisotopic (exact) mass is 399 g/mol. The van der Waals surface area contributed by atoms with Gasteiger partial charge < -0.3 is 4.74 Å². The van der Waals surface area contributed by atoms with E-state index in [1.165, 1.54) is 16.4 Å². The van der Waals surface area contributed by atoms with Crippen molar-refractivity contribution in [2.45, 2.75) is 30.4 Å². The molecule has 0 radical (unpaired) electrons. The highest BCUT2D eigenvalue weighted by Crippen LogP contribution is 2.24. The second-order valence-electron chi connectivity index (χ2n) is 5.98. The van der Waals surface area contributed by atoms with Crippen molar-refractivity contribution in [2.24, 2.45) is 0 Å². The van der Waals surface area contributed by atoms with Crippen LogP contribution in [0.15, 0.2) is 53.4 Å². The van der Waals surface area contributed by atoms with Crippen molar-refractivity contribution in [3.05, 3.63) is 64.1 Å². The summed E-state index contributed by atoms with van der Waals surface area (Å²) in [5.74, 6) is 0. The third-order valence-corrected chi connectivity index (χ3v) is 6.72. The predicted molar refractivity (Wildman–Crippen MR) is 99.5 cm³/mol. The zero-order valence-corrected chi connectivity index (χ0v) is 15.9. The van der Waals surface area contributed by atoms with Gasteiger partial charge >= 0.3 is 0 Å². The van der Waals surface area contributed by atoms with Crippen LogP contribution in [0, 0.1) is 0 Å². The number of sulfonamides is 1. The molecule has 25 heavy (non-hydrogen) atoms. The Morgan fingerprint density at radius 1 is 1.08 bits per heavy atom. The Morgan fingerprint density at radius 2 is 1.80 bits per heavy atom. The van der Waals surface area contributed by atoms with E-state index in [0.29, 0.717) is 29.7 Å². The minimum Gasteiger partial charge on any atom is -0.372 e. The summed E-state index contributed by atoms with van der Waals surface area (Å²) in [4.78, 5) is 0.253. The molecule has 0 N–H and O–H groups in total. The standard InChI is InChI=1S/C18H19Cl2NO3S/c19-15-7-9-17(10-8-15)25(22,23)21-11-3-5-16(12-21)24-13-14-4-1-2-6-18(14)20/h1-2,4,6-10,16H,3,5,11-13H2. The Balaban J connectivity index is 1.66. The van der Waals surface area contributed by atoms with Crippen LogP contribution in [0.25, 0.3) is 0 Å². The van der Waals surface area contributed by atoms with E-state index in [-0.39, 0.29) is 11.0 Å². The molecule has 1 unspecified atom stereocenters. The van der Waals surface area contributed by atoms with Crippen molar-refractivity contribution in [2.75, 3.05) is 13.1 Å². The molecule has 0 bridgehead atoms. The van der Waals surface area contributed by atoms with Crippen LogP contribution in [0.2, 0.25) is 10.0 Å². The SMILES string of the molecule is O=S(=O)(c1ccc(Cl)cc1)N1CCCC(OCc2ccccc2Cl)C1. The average Bonchev–Trinajstić information content (AvgIpc) is 2.62. The van der Waals surface area contributed by atoms with Crippen LogP contribution in [0.5, 0.6) is 0 Å². The van der Waals surface area contributed by atoms with Gasteiger partial charge in [-0.15, -0.1) is 0 Å². The zero-order valence-electron chi connectivity index (χ0n) is 13.6. The highest BCUT2D eigenvalue weighted by atomic mass is 35.5. The smallest absolute Gasteiger partial charge is 0.243 e. The van der Waals surface area contributed by atoms with E-state index in [4.69, 9.17) is 27.9 Å². The first-order valence-corrected chi connectivity index (χ1v) is 10.3. The maximum Gasteiger partial charge on any atom is 0.243 e. The molecular weight excluding hydrogens is 381 g/mol. The van der Waals surface area contributed by atoms with Gasteiger partial charge in [0.15, 0.2) is 0 Å². The Hall–Kier alpha value is -1.11. The van der Waals surface area contributed by atoms with Crippen molar-refractivity contribution in [1.82, 2.24) is 4.31 Å². The summed E-state index contributed by atoms with van der Waals surface area (Å²) < 4.78 is 33.0. The highest BCUT2D eigenvalue weighted by Gasteiger charge is 2.30. The molecule has 1 fully saturated rings. The molecule has 4 nitrogen and oxygen atoms in total. The van der Waals surface area contributed by atoms with E-state index >= 15 is 0 Å². The topological polar surface area (TPSA) is 46.6 Å². The minimum atomic E-state index is -3.53. The van der Waals surface area contributed by atoms with Crippen molar-refractivity contribution >= 4 is 33.2 Å². The van der Waals surface area contributed by atoms with Crippen LogP contribution < -0.4 is 0 Å². The fraction of sp³-hybridized carbons (Fsp3) is 0.333. The van der Waals surface area contributed by atoms with Gasteiger partial charge in [0.25, 0.3) is 0 Å². The quantitative estimate of drug-likeness (QED) is 0.749. The molecule has 0 aliphatic carbocycles. The van der Waals surface area contributed by atoms with Gasteiger partial charge in [-0.3, -0.25) is 0 Å². The first kappa shape index (κ1) is 18.7. The van der Waals surface area contributed by atoms with Gasteiger partial charge in [0.1, 0.15) is 0 Å². The van der Waals surface area contributed by atoms with E-state index in [1.54, 1.807) is 12.1 Å². The molecule has 0 aromatic heterocycles. The summed E-state index contributed by atoms with van der Waals surface area (Å²) in [5.41, 5.74) is 0.904. The summed E-state index contributed by atoms with van der Waals surface area (Å²) in [6, 6.07) is 13.7. The van der Waals surface area contributed by atoms with Crippen LogP contribution in [-0.4, -0.2) is 31.9 Å². The van der Waals surface area contributed by atoms with Gasteiger partial charge in [-0.25, -0.2) is 8.42 Å². The molecule has 1 atom stereocenters. The summed E-state index contributed by atoms with van der Waals surface area (Å²) in [7, 11) is -3.53. The number of rotatable bonds is 5. The number of hydrogen-bond donors (Lipinski definition) is 0. The third-order valence-electron chi connectivity index (χ3n) is 4.22. The van der Waals surface area contributed by atoms with Crippen molar-refractivity contribution in [1.29, 1.82) is 0 Å². The molecule has 7 heteroatoms. The van der Waals surface area contributed by atoms with Gasteiger partial charge in [-0.05, 0) is 48.7 Å². The number of halogens is 2. The van der Waals surface area contributed by atoms with Crippen LogP contribution in [-0.2, 0) is 21.4 Å². The molecule has 3 rings (SSSR count). The summed E-state index contributed by atoms with van der Waals surface area (Å²) in [6.07, 6.45) is 1.45. The van der Waals surface area contributed by atoms with Crippen LogP contribution in [0.3, 0.4) is 0 Å². The lowest BCUT2D eigenvalue weighted by atomic mass is 10.1. The molecular formula is C18H19Cl2NO3S. The number of benzene rings is 2. The average molecular weight is 400 g/mol. The minimum absolute atomic E-state index is 0.146. The van der Waals surface area contributed by atoms with E-state index in [1.807, 2.05) is 24.3 Å². The number of hydrogen-bond acceptors (Lipinski definition) is 3.